The van der Waals surface area contributed by atoms with Gasteiger partial charge in [-0.15, -0.1) is 12.4 Å². The van der Waals surface area contributed by atoms with Crippen molar-refractivity contribution in [2.24, 2.45) is 5.84 Å². The van der Waals surface area contributed by atoms with Gasteiger partial charge < -0.3 is 5.48 Å². The van der Waals surface area contributed by atoms with Crippen molar-refractivity contribution >= 4 is 29.3 Å². The van der Waals surface area contributed by atoms with Crippen molar-refractivity contribution in [2.45, 2.75) is 33.2 Å². The molecule has 1 aromatic rings. The fourth-order valence-electron chi connectivity index (χ4n) is 0.793. The normalized spacial score (nSPS) is 8.74. The molecular formula is C12H21Cl2N2NaO2. The van der Waals surface area contributed by atoms with E-state index in [9.17, 15) is 4.79 Å². The maximum absolute atomic E-state index is 10.6. The minimum atomic E-state index is -0.391. The van der Waals surface area contributed by atoms with Crippen LogP contribution in [-0.4, -0.2) is 16.3 Å². The summed E-state index contributed by atoms with van der Waals surface area (Å²) in [7, 11) is 0. The molecule has 0 amide bonds. The van der Waals surface area contributed by atoms with Crippen molar-refractivity contribution < 1.29 is 39.8 Å². The van der Waals surface area contributed by atoms with Gasteiger partial charge in [0, 0.05) is 11.1 Å². The quantitative estimate of drug-likeness (QED) is 0.327. The smallest absolute Gasteiger partial charge is 0.870 e. The number of hydrogen-bond acceptors (Lipinski definition) is 4. The predicted octanol–water partition coefficient (Wildman–Crippen LogP) is -0.129. The number of rotatable bonds is 1. The van der Waals surface area contributed by atoms with Gasteiger partial charge in [0.05, 0.1) is 0 Å². The molecule has 0 radical (unpaired) electrons. The Morgan fingerprint density at radius 2 is 1.63 bits per heavy atom. The van der Waals surface area contributed by atoms with Crippen LogP contribution in [0.2, 0.25) is 0 Å². The van der Waals surface area contributed by atoms with Crippen LogP contribution in [0.5, 0.6) is 0 Å². The first-order chi connectivity index (χ1) is 7.28. The topological polar surface area (TPSA) is 85.1 Å². The van der Waals surface area contributed by atoms with Gasteiger partial charge in [0.15, 0.2) is 0 Å². The molecule has 0 atom stereocenters. The van der Waals surface area contributed by atoms with Crippen molar-refractivity contribution in [3.05, 3.63) is 35.4 Å². The molecule has 0 fully saturated rings. The molecule has 1 aromatic carbocycles. The van der Waals surface area contributed by atoms with E-state index < -0.39 is 5.24 Å². The monoisotopic (exact) mass is 318 g/mol. The number of halogens is 2. The number of carbonyl (C=O) groups excluding carboxylic acids is 1. The Labute approximate surface area is 148 Å². The zero-order chi connectivity index (χ0) is 12.8. The largest absolute Gasteiger partial charge is 1.00 e. The van der Waals surface area contributed by atoms with Crippen LogP contribution in [0.3, 0.4) is 0 Å². The third kappa shape index (κ3) is 14.6. The molecule has 106 valence electrons. The molecule has 0 unspecified atom stereocenters. The van der Waals surface area contributed by atoms with Crippen LogP contribution in [0, 0.1) is 6.92 Å². The maximum Gasteiger partial charge on any atom is 1.00 e. The second-order valence-electron chi connectivity index (χ2n) is 4.48. The average Bonchev–Trinajstić information content (AvgIpc) is 2.18. The van der Waals surface area contributed by atoms with Crippen molar-refractivity contribution in [2.75, 3.05) is 0 Å². The molecule has 0 spiro atoms. The van der Waals surface area contributed by atoms with Gasteiger partial charge in [0.2, 0.25) is 0 Å². The summed E-state index contributed by atoms with van der Waals surface area (Å²) in [5.74, 6) is 5.06. The Balaban J connectivity index is -0.000000112. The maximum atomic E-state index is 10.6. The van der Waals surface area contributed by atoms with Crippen molar-refractivity contribution in [1.82, 2.24) is 5.43 Å². The molecule has 0 saturated heterocycles. The number of nitrogens with one attached hydrogen (secondary N) is 1. The average molecular weight is 319 g/mol. The van der Waals surface area contributed by atoms with Gasteiger partial charge in [-0.1, -0.05) is 18.2 Å². The van der Waals surface area contributed by atoms with Gasteiger partial charge in [-0.25, -0.2) is 0 Å². The molecule has 0 aliphatic heterocycles. The Kier molecular flexibility index (Phi) is 19.4. The summed E-state index contributed by atoms with van der Waals surface area (Å²) in [6.07, 6.45) is 0. The van der Waals surface area contributed by atoms with Gasteiger partial charge in [0.25, 0.3) is 5.24 Å². The van der Waals surface area contributed by atoms with Gasteiger partial charge in [-0.2, -0.15) is 0 Å². The van der Waals surface area contributed by atoms with E-state index in [4.69, 9.17) is 17.4 Å². The predicted molar refractivity (Wildman–Crippen MR) is 77.6 cm³/mol. The summed E-state index contributed by atoms with van der Waals surface area (Å²) < 4.78 is 0. The summed E-state index contributed by atoms with van der Waals surface area (Å²) >= 11 is 5.27. The number of hydrazine groups is 1. The summed E-state index contributed by atoms with van der Waals surface area (Å²) in [6.45, 7) is 7.88. The molecule has 19 heavy (non-hydrogen) atoms. The van der Waals surface area contributed by atoms with E-state index in [1.54, 1.807) is 12.1 Å². The second kappa shape index (κ2) is 13.3. The van der Waals surface area contributed by atoms with Crippen LogP contribution in [0.25, 0.3) is 0 Å². The van der Waals surface area contributed by atoms with Crippen molar-refractivity contribution in [1.29, 1.82) is 0 Å². The van der Waals surface area contributed by atoms with Gasteiger partial charge in [-0.3, -0.25) is 16.1 Å². The van der Waals surface area contributed by atoms with E-state index in [1.165, 1.54) is 0 Å². The van der Waals surface area contributed by atoms with E-state index >= 15 is 0 Å². The number of benzene rings is 1. The molecule has 7 heteroatoms. The van der Waals surface area contributed by atoms with E-state index in [2.05, 4.69) is 5.43 Å². The Hall–Kier alpha value is 0.350. The Morgan fingerprint density at radius 1 is 1.26 bits per heavy atom. The third-order valence-electron chi connectivity index (χ3n) is 1.79. The number of carbonyl (C=O) groups is 1. The van der Waals surface area contributed by atoms with E-state index in [-0.39, 0.29) is 53.0 Å². The zero-order valence-corrected chi connectivity index (χ0v) is 15.6. The summed E-state index contributed by atoms with van der Waals surface area (Å²) in [5, 5.41) is -0.391. The molecule has 0 aliphatic carbocycles. The summed E-state index contributed by atoms with van der Waals surface area (Å²) in [5.41, 5.74) is 4.18. The molecule has 0 heterocycles. The molecule has 1 rings (SSSR count). The third-order valence-corrected chi connectivity index (χ3v) is 1.99. The van der Waals surface area contributed by atoms with E-state index in [0.29, 0.717) is 5.56 Å². The zero-order valence-electron chi connectivity index (χ0n) is 12.0. The first-order valence-electron chi connectivity index (χ1n) is 5.01. The van der Waals surface area contributed by atoms with E-state index in [1.807, 2.05) is 39.8 Å². The van der Waals surface area contributed by atoms with Gasteiger partial charge in [0.1, 0.15) is 0 Å². The Bertz CT molecular complexity index is 358. The molecule has 0 bridgehead atoms. The minimum Gasteiger partial charge on any atom is -0.870 e. The number of aryl methyl sites for hydroxylation is 1. The fourth-order valence-corrected chi connectivity index (χ4v) is 1.01. The number of nitrogens with two attached hydrogens (primary N) is 1. The van der Waals surface area contributed by atoms with Crippen LogP contribution < -0.4 is 40.8 Å². The molecular weight excluding hydrogens is 298 g/mol. The molecule has 0 aliphatic rings. The van der Waals surface area contributed by atoms with Crippen LogP contribution in [0.4, 0.5) is 0 Å². The molecule has 0 aromatic heterocycles. The van der Waals surface area contributed by atoms with Crippen LogP contribution >= 0.6 is 24.0 Å². The van der Waals surface area contributed by atoms with Crippen LogP contribution in [0.15, 0.2) is 24.3 Å². The van der Waals surface area contributed by atoms with Crippen molar-refractivity contribution in [3.63, 3.8) is 0 Å². The standard InChI is InChI=1S/C8H7ClO.C4H12N2.ClH.Na.H2O/c1-6-4-2-3-5-7(6)8(9)10;1-4(2,3)6-5;;;/h2-5H,1H3;6H,5H2,1-3H3;1H;;1H2/q;;;+1;/p-1. The molecule has 0 saturated carbocycles. The minimum absolute atomic E-state index is 0. The van der Waals surface area contributed by atoms with Crippen molar-refractivity contribution in [3.8, 4) is 0 Å². The van der Waals surface area contributed by atoms with Gasteiger partial charge >= 0.3 is 29.6 Å². The second-order valence-corrected chi connectivity index (χ2v) is 4.83. The fraction of sp³-hybridized carbons (Fsp3) is 0.417. The first-order valence-corrected chi connectivity index (χ1v) is 5.39. The van der Waals surface area contributed by atoms with E-state index in [0.717, 1.165) is 5.56 Å². The molecule has 4 nitrogen and oxygen atoms in total. The summed E-state index contributed by atoms with van der Waals surface area (Å²) in [4.78, 5) is 10.6. The number of hydrogen-bond donors (Lipinski definition) is 2. The molecule has 4 N–H and O–H groups in total. The Morgan fingerprint density at radius 3 is 1.84 bits per heavy atom. The SMILES string of the molecule is CC(C)(C)NN.Cc1ccccc1C(=O)Cl.Cl.[Na+].[OH-]. The van der Waals surface area contributed by atoms with Crippen LogP contribution in [-0.2, 0) is 0 Å². The van der Waals surface area contributed by atoms with Gasteiger partial charge in [-0.05, 0) is 50.9 Å². The first kappa shape index (κ1) is 27.7. The summed E-state index contributed by atoms with van der Waals surface area (Å²) in [6, 6.07) is 7.24. The van der Waals surface area contributed by atoms with Crippen LogP contribution in [0.1, 0.15) is 36.7 Å².